The third-order valence-corrected chi connectivity index (χ3v) is 7.94. The lowest BCUT2D eigenvalue weighted by molar-refractivity contribution is -0.154. The van der Waals surface area contributed by atoms with Crippen LogP contribution in [-0.2, 0) is 9.53 Å². The van der Waals surface area contributed by atoms with Crippen LogP contribution in [0, 0.1) is 28.1 Å². The summed E-state index contributed by atoms with van der Waals surface area (Å²) in [6, 6.07) is 7.76. The molecule has 4 aromatic rings. The van der Waals surface area contributed by atoms with Gasteiger partial charge in [0, 0.05) is 29.5 Å². The zero-order chi connectivity index (χ0) is 30.9. The zero-order valence-electron chi connectivity index (χ0n) is 24.7. The Bertz CT molecular complexity index is 1750. The number of esters is 1. The molecule has 1 saturated carbocycles. The number of nitrogen functional groups attached to an aromatic ring is 1. The first-order chi connectivity index (χ1) is 20.4. The molecule has 13 nitrogen and oxygen atoms in total. The van der Waals surface area contributed by atoms with Crippen LogP contribution in [0.1, 0.15) is 88.5 Å². The Hall–Kier alpha value is -4.88. The van der Waals surface area contributed by atoms with E-state index < -0.39 is 16.9 Å². The van der Waals surface area contributed by atoms with Gasteiger partial charge in [-0.1, -0.05) is 5.21 Å². The molecule has 0 aliphatic heterocycles. The van der Waals surface area contributed by atoms with Gasteiger partial charge in [0.15, 0.2) is 17.3 Å². The maximum atomic E-state index is 12.1. The minimum atomic E-state index is -0.897. The Labute approximate surface area is 248 Å². The third-order valence-electron chi connectivity index (χ3n) is 7.94. The van der Waals surface area contributed by atoms with Gasteiger partial charge in [-0.25, -0.2) is 14.6 Å². The van der Waals surface area contributed by atoms with Crippen LogP contribution >= 0.6 is 0 Å². The number of aromatic nitrogens is 7. The van der Waals surface area contributed by atoms with E-state index in [1.165, 1.54) is 10.9 Å². The van der Waals surface area contributed by atoms with E-state index in [2.05, 4.69) is 37.5 Å². The number of pyridine rings is 2. The zero-order valence-corrected chi connectivity index (χ0v) is 24.7. The summed E-state index contributed by atoms with van der Waals surface area (Å²) in [4.78, 5) is 21.0. The topological polar surface area (TPSA) is 194 Å². The van der Waals surface area contributed by atoms with Crippen LogP contribution in [0.25, 0.3) is 22.5 Å². The molecule has 3 N–H and O–H groups in total. The first-order valence-electron chi connectivity index (χ1n) is 14.2. The molecular formula is C30H34N10O3. The number of nitrogens with two attached hydrogens (primary N) is 1. The lowest BCUT2D eigenvalue weighted by atomic mass is 9.76. The van der Waals surface area contributed by atoms with Crippen molar-refractivity contribution in [2.75, 3.05) is 12.3 Å². The summed E-state index contributed by atoms with van der Waals surface area (Å²) in [6.07, 6.45) is 7.74. The SMILES string of the molecule is C[C@@H](C#N)c1cc(-n2ncc3cc(C#N)cnc32)nc(N)c1-n1cc(C2CCC(O)(CCOC(=O)C(C)(C)C)CC2)nn1. The maximum absolute atomic E-state index is 12.1. The quantitative estimate of drug-likeness (QED) is 0.300. The van der Waals surface area contributed by atoms with Gasteiger partial charge in [-0.3, -0.25) is 4.79 Å². The number of carbonyl (C=O) groups excluding carboxylic acids is 1. The molecule has 1 aliphatic carbocycles. The summed E-state index contributed by atoms with van der Waals surface area (Å²) in [7, 11) is 0. The second-order valence-corrected chi connectivity index (χ2v) is 12.2. The van der Waals surface area contributed by atoms with Gasteiger partial charge >= 0.3 is 5.97 Å². The van der Waals surface area contributed by atoms with Crippen molar-refractivity contribution in [3.05, 3.63) is 47.5 Å². The smallest absolute Gasteiger partial charge is 0.311 e. The number of hydrogen-bond donors (Lipinski definition) is 2. The highest BCUT2D eigenvalue weighted by Crippen LogP contribution is 2.39. The normalized spacial score (nSPS) is 19.5. The van der Waals surface area contributed by atoms with E-state index >= 15 is 0 Å². The summed E-state index contributed by atoms with van der Waals surface area (Å²) in [5.41, 5.74) is 7.74. The fraction of sp³-hybridized carbons (Fsp3) is 0.467. The van der Waals surface area contributed by atoms with Gasteiger partial charge in [0.25, 0.3) is 0 Å². The Morgan fingerprint density at radius 3 is 2.67 bits per heavy atom. The molecular weight excluding hydrogens is 548 g/mol. The van der Waals surface area contributed by atoms with Crippen molar-refractivity contribution >= 4 is 22.8 Å². The van der Waals surface area contributed by atoms with E-state index in [0.29, 0.717) is 65.8 Å². The van der Waals surface area contributed by atoms with Crippen LogP contribution in [0.3, 0.4) is 0 Å². The van der Waals surface area contributed by atoms with E-state index in [0.717, 1.165) is 5.69 Å². The van der Waals surface area contributed by atoms with Crippen molar-refractivity contribution in [2.24, 2.45) is 5.41 Å². The number of rotatable bonds is 7. The fourth-order valence-electron chi connectivity index (χ4n) is 5.30. The number of nitriles is 2. The largest absolute Gasteiger partial charge is 0.465 e. The number of aliphatic hydroxyl groups is 1. The lowest BCUT2D eigenvalue weighted by Gasteiger charge is -2.35. The number of fused-ring (bicyclic) bond motifs is 1. The Morgan fingerprint density at radius 1 is 1.26 bits per heavy atom. The van der Waals surface area contributed by atoms with Crippen molar-refractivity contribution in [1.29, 1.82) is 10.5 Å². The lowest BCUT2D eigenvalue weighted by Crippen LogP contribution is -2.35. The molecule has 0 radical (unpaired) electrons. The number of nitrogens with zero attached hydrogens (tertiary/aromatic N) is 9. The van der Waals surface area contributed by atoms with Gasteiger partial charge in [-0.2, -0.15) is 20.3 Å². The van der Waals surface area contributed by atoms with Gasteiger partial charge in [-0.05, 0) is 65.5 Å². The van der Waals surface area contributed by atoms with Crippen molar-refractivity contribution < 1.29 is 14.6 Å². The highest BCUT2D eigenvalue weighted by molar-refractivity contribution is 5.77. The standard InChI is InChI=1S/C30H34N10O3/c1-18(13-31)22-12-24(40-27-21(16-35-40)11-19(14-32)15-34-27)36-26(33)25(22)39-17-23(37-38-39)20-5-7-30(42,8-6-20)9-10-43-28(41)29(2,3)4/h11-12,15-18,20,42H,5-10H2,1-4H3,(H2,33,36)/t18-,20?,30?/m0/s1. The van der Waals surface area contributed by atoms with E-state index in [1.807, 2.05) is 0 Å². The van der Waals surface area contributed by atoms with Crippen LogP contribution < -0.4 is 5.73 Å². The van der Waals surface area contributed by atoms with Gasteiger partial charge in [0.2, 0.25) is 0 Å². The van der Waals surface area contributed by atoms with Crippen molar-refractivity contribution in [3.8, 4) is 23.6 Å². The Balaban J connectivity index is 1.35. The molecule has 0 aromatic carbocycles. The van der Waals surface area contributed by atoms with Crippen molar-refractivity contribution in [1.82, 2.24) is 34.7 Å². The second-order valence-electron chi connectivity index (χ2n) is 12.2. The van der Waals surface area contributed by atoms with E-state index in [-0.39, 0.29) is 24.3 Å². The van der Waals surface area contributed by atoms with Crippen molar-refractivity contribution in [3.63, 3.8) is 0 Å². The van der Waals surface area contributed by atoms with Crippen LogP contribution in [0.4, 0.5) is 5.82 Å². The average Bonchev–Trinajstić information content (AvgIpc) is 3.63. The Morgan fingerprint density at radius 2 is 2.00 bits per heavy atom. The number of hydrogen-bond acceptors (Lipinski definition) is 11. The predicted octanol–water partition coefficient (Wildman–Crippen LogP) is 3.85. The molecule has 1 fully saturated rings. The van der Waals surface area contributed by atoms with Gasteiger partial charge < -0.3 is 15.6 Å². The molecule has 0 spiro atoms. The molecule has 5 rings (SSSR count). The molecule has 4 heterocycles. The molecule has 43 heavy (non-hydrogen) atoms. The maximum Gasteiger partial charge on any atom is 0.311 e. The molecule has 0 saturated heterocycles. The second kappa shape index (κ2) is 11.4. The highest BCUT2D eigenvalue weighted by atomic mass is 16.5. The molecule has 222 valence electrons. The monoisotopic (exact) mass is 582 g/mol. The minimum absolute atomic E-state index is 0.0799. The van der Waals surface area contributed by atoms with Crippen LogP contribution in [-0.4, -0.2) is 58.0 Å². The van der Waals surface area contributed by atoms with Gasteiger partial charge in [0.05, 0.1) is 53.3 Å². The van der Waals surface area contributed by atoms with Crippen LogP contribution in [0.15, 0.2) is 30.7 Å². The van der Waals surface area contributed by atoms with Gasteiger partial charge in [0.1, 0.15) is 11.8 Å². The molecule has 4 aromatic heterocycles. The molecule has 13 heteroatoms. The third kappa shape index (κ3) is 6.03. The first-order valence-corrected chi connectivity index (χ1v) is 14.2. The molecule has 0 unspecified atom stereocenters. The predicted molar refractivity (Wildman–Crippen MR) is 156 cm³/mol. The molecule has 1 aliphatic rings. The average molecular weight is 583 g/mol. The number of ether oxygens (including phenoxy) is 1. The van der Waals surface area contributed by atoms with E-state index in [9.17, 15) is 20.4 Å². The highest BCUT2D eigenvalue weighted by Gasteiger charge is 2.35. The number of carbonyl (C=O) groups is 1. The molecule has 1 atom stereocenters. The summed E-state index contributed by atoms with van der Waals surface area (Å²) >= 11 is 0. The Kier molecular flexibility index (Phi) is 7.86. The molecule has 0 amide bonds. The number of anilines is 1. The first kappa shape index (κ1) is 29.6. The van der Waals surface area contributed by atoms with Crippen molar-refractivity contribution in [2.45, 2.75) is 77.2 Å². The summed E-state index contributed by atoms with van der Waals surface area (Å²) in [5.74, 6) is -0.228. The summed E-state index contributed by atoms with van der Waals surface area (Å²) < 4.78 is 8.44. The summed E-state index contributed by atoms with van der Waals surface area (Å²) in [5, 5.41) is 43.9. The fourth-order valence-corrected chi connectivity index (χ4v) is 5.30. The summed E-state index contributed by atoms with van der Waals surface area (Å²) in [6.45, 7) is 7.35. The van der Waals surface area contributed by atoms with Gasteiger partial charge in [-0.15, -0.1) is 5.10 Å². The van der Waals surface area contributed by atoms with Crippen LogP contribution in [0.5, 0.6) is 0 Å². The molecule has 0 bridgehead atoms. The van der Waals surface area contributed by atoms with Crippen LogP contribution in [0.2, 0.25) is 0 Å². The minimum Gasteiger partial charge on any atom is -0.465 e. The van der Waals surface area contributed by atoms with E-state index in [1.54, 1.807) is 56.9 Å². The van der Waals surface area contributed by atoms with E-state index in [4.69, 9.17) is 10.5 Å².